The zero-order valence-electron chi connectivity index (χ0n) is 23.1. The molecule has 4 aliphatic rings. The van der Waals surface area contributed by atoms with E-state index in [1.54, 1.807) is 0 Å². The summed E-state index contributed by atoms with van der Waals surface area (Å²) in [6, 6.07) is 2.79. The number of fused-ring (bicyclic) bond motifs is 9. The van der Waals surface area contributed by atoms with Gasteiger partial charge in [-0.25, -0.2) is 4.79 Å². The highest BCUT2D eigenvalue weighted by molar-refractivity contribution is 6.07. The molecule has 3 aliphatic heterocycles. The Morgan fingerprint density at radius 2 is 1.87 bits per heavy atom. The Hall–Kier alpha value is -2.86. The molecular weight excluding hydrogens is 476 g/mol. The molecule has 7 rings (SSSR count). The van der Waals surface area contributed by atoms with E-state index in [0.717, 1.165) is 64.7 Å². The smallest absolute Gasteiger partial charge is 0.340 e. The number of carbonyl (C=O) groups is 1. The van der Waals surface area contributed by atoms with Gasteiger partial charge in [-0.3, -0.25) is 9.69 Å². The molecule has 3 aromatic rings. The largest absolute Gasteiger partial charge is 0.460 e. The molecule has 0 spiro atoms. The van der Waals surface area contributed by atoms with E-state index in [-0.39, 0.29) is 18.4 Å². The Labute approximate surface area is 223 Å². The molecular formula is C32H38N2O4. The minimum absolute atomic E-state index is 0.0460. The second-order valence-electron chi connectivity index (χ2n) is 12.3. The van der Waals surface area contributed by atoms with Crippen molar-refractivity contribution in [1.82, 2.24) is 9.80 Å². The Morgan fingerprint density at radius 3 is 2.71 bits per heavy atom. The molecule has 3 fully saturated rings. The normalized spacial score (nSPS) is 27.4. The lowest BCUT2D eigenvalue weighted by Crippen LogP contribution is -2.60. The van der Waals surface area contributed by atoms with Crippen LogP contribution in [-0.2, 0) is 11.2 Å². The Kier molecular flexibility index (Phi) is 5.63. The molecule has 0 unspecified atom stereocenters. The summed E-state index contributed by atoms with van der Waals surface area (Å²) in [5, 5.41) is 1.88. The summed E-state index contributed by atoms with van der Waals surface area (Å²) in [4.78, 5) is 32.0. The van der Waals surface area contributed by atoms with E-state index in [1.165, 1.54) is 37.8 Å². The number of piperidine rings is 3. The monoisotopic (exact) mass is 514 g/mol. The molecule has 1 aliphatic carbocycles. The van der Waals surface area contributed by atoms with Gasteiger partial charge in [0, 0.05) is 24.5 Å². The van der Waals surface area contributed by atoms with Gasteiger partial charge in [-0.15, -0.1) is 0 Å². The minimum atomic E-state index is -0.410. The SMILES string of the molecule is Cc1oc2c(c(C)cc3oc(=O)c(CC(=O)N4CCCC5=C[C@H]6C[C@@H](CN7CCCC[C@H]67)[C@@H]54)c(C)c32)c1C. The van der Waals surface area contributed by atoms with Crippen molar-refractivity contribution in [3.8, 4) is 0 Å². The summed E-state index contributed by atoms with van der Waals surface area (Å²) < 4.78 is 12.0. The molecule has 3 saturated heterocycles. The topological polar surface area (TPSA) is 66.9 Å². The van der Waals surface area contributed by atoms with Crippen molar-refractivity contribution in [3.63, 3.8) is 0 Å². The van der Waals surface area contributed by atoms with Crippen LogP contribution in [0, 0.1) is 39.5 Å². The number of hydrogen-bond donors (Lipinski definition) is 0. The highest BCUT2D eigenvalue weighted by atomic mass is 16.4. The number of aryl methyl sites for hydroxylation is 4. The van der Waals surface area contributed by atoms with E-state index in [0.29, 0.717) is 29.0 Å². The van der Waals surface area contributed by atoms with E-state index in [1.807, 2.05) is 26.8 Å². The van der Waals surface area contributed by atoms with Gasteiger partial charge in [0.05, 0.1) is 23.4 Å². The first-order chi connectivity index (χ1) is 18.3. The lowest BCUT2D eigenvalue weighted by atomic mass is 9.68. The minimum Gasteiger partial charge on any atom is -0.460 e. The van der Waals surface area contributed by atoms with Crippen molar-refractivity contribution in [1.29, 1.82) is 0 Å². The molecule has 0 N–H and O–H groups in total. The van der Waals surface area contributed by atoms with E-state index in [2.05, 4.69) is 22.8 Å². The van der Waals surface area contributed by atoms with Crippen LogP contribution in [0.3, 0.4) is 0 Å². The van der Waals surface area contributed by atoms with Crippen molar-refractivity contribution in [2.24, 2.45) is 11.8 Å². The molecule has 38 heavy (non-hydrogen) atoms. The molecule has 0 radical (unpaired) electrons. The highest BCUT2D eigenvalue weighted by Crippen LogP contribution is 2.45. The first-order valence-electron chi connectivity index (χ1n) is 14.5. The number of likely N-dealkylation sites (tertiary alicyclic amines) is 1. The molecule has 5 heterocycles. The second kappa shape index (κ2) is 8.84. The third kappa shape index (κ3) is 3.55. The van der Waals surface area contributed by atoms with Crippen molar-refractivity contribution < 1.29 is 13.6 Å². The van der Waals surface area contributed by atoms with E-state index < -0.39 is 5.63 Å². The predicted molar refractivity (Wildman–Crippen MR) is 149 cm³/mol. The fourth-order valence-corrected chi connectivity index (χ4v) is 8.34. The van der Waals surface area contributed by atoms with Gasteiger partial charge in [-0.2, -0.15) is 0 Å². The summed E-state index contributed by atoms with van der Waals surface area (Å²) in [5.41, 5.74) is 5.74. The number of nitrogens with zero attached hydrogens (tertiary/aromatic N) is 2. The number of amides is 1. The highest BCUT2D eigenvalue weighted by Gasteiger charge is 2.47. The summed E-state index contributed by atoms with van der Waals surface area (Å²) in [6.07, 6.45) is 9.84. The van der Waals surface area contributed by atoms with Gasteiger partial charge >= 0.3 is 5.63 Å². The average Bonchev–Trinajstić information content (AvgIpc) is 3.20. The van der Waals surface area contributed by atoms with Crippen LogP contribution >= 0.6 is 0 Å². The van der Waals surface area contributed by atoms with Crippen molar-refractivity contribution in [3.05, 3.63) is 56.1 Å². The number of hydrogen-bond acceptors (Lipinski definition) is 5. The summed E-state index contributed by atoms with van der Waals surface area (Å²) >= 11 is 0. The van der Waals surface area contributed by atoms with Gasteiger partial charge in [-0.1, -0.05) is 18.1 Å². The van der Waals surface area contributed by atoms with Crippen LogP contribution in [0.15, 0.2) is 31.3 Å². The molecule has 4 atom stereocenters. The third-order valence-corrected chi connectivity index (χ3v) is 10.2. The molecule has 2 aromatic heterocycles. The third-order valence-electron chi connectivity index (χ3n) is 10.2. The Bertz CT molecular complexity index is 1560. The molecule has 1 amide bonds. The molecule has 2 bridgehead atoms. The summed E-state index contributed by atoms with van der Waals surface area (Å²) in [7, 11) is 0. The molecule has 6 heteroatoms. The zero-order valence-corrected chi connectivity index (χ0v) is 23.1. The van der Waals surface area contributed by atoms with Crippen LogP contribution in [0.4, 0.5) is 0 Å². The first kappa shape index (κ1) is 24.2. The number of benzene rings is 1. The van der Waals surface area contributed by atoms with Gasteiger partial charge in [0.25, 0.3) is 0 Å². The van der Waals surface area contributed by atoms with Gasteiger partial charge in [-0.05, 0) is 101 Å². The maximum Gasteiger partial charge on any atom is 0.340 e. The average molecular weight is 515 g/mol. The van der Waals surface area contributed by atoms with Gasteiger partial charge in [0.2, 0.25) is 5.91 Å². The van der Waals surface area contributed by atoms with E-state index in [9.17, 15) is 9.59 Å². The van der Waals surface area contributed by atoms with Crippen LogP contribution in [0.2, 0.25) is 0 Å². The van der Waals surface area contributed by atoms with Gasteiger partial charge < -0.3 is 13.7 Å². The van der Waals surface area contributed by atoms with Crippen LogP contribution in [0.5, 0.6) is 0 Å². The maximum atomic E-state index is 14.0. The second-order valence-corrected chi connectivity index (χ2v) is 12.3. The number of furan rings is 1. The number of rotatable bonds is 2. The summed E-state index contributed by atoms with van der Waals surface area (Å²) in [5.74, 6) is 2.04. The fourth-order valence-electron chi connectivity index (χ4n) is 8.34. The molecule has 200 valence electrons. The van der Waals surface area contributed by atoms with E-state index in [4.69, 9.17) is 8.83 Å². The summed E-state index contributed by atoms with van der Waals surface area (Å²) in [6.45, 7) is 11.0. The maximum absolute atomic E-state index is 14.0. The van der Waals surface area contributed by atoms with Crippen LogP contribution < -0.4 is 5.63 Å². The van der Waals surface area contributed by atoms with Crippen LogP contribution in [0.1, 0.15) is 66.5 Å². The van der Waals surface area contributed by atoms with Crippen molar-refractivity contribution in [2.45, 2.75) is 84.7 Å². The standard InChI is InChI=1S/C32H38N2O4/c1-17-12-26-29(31-28(17)18(2)20(4)37-31)19(3)24(32(36)38-26)15-27(35)34-11-7-8-21-13-22-14-23(30(21)34)16-33-10-6-5-9-25(22)33/h12-13,22-23,25,30H,5-11,14-16H2,1-4H3/t22-,23-,25+,30+/m0/s1. The Morgan fingerprint density at radius 1 is 1.03 bits per heavy atom. The van der Waals surface area contributed by atoms with E-state index >= 15 is 0 Å². The lowest BCUT2D eigenvalue weighted by Gasteiger charge is -2.54. The molecule has 1 aromatic carbocycles. The zero-order chi connectivity index (χ0) is 26.3. The van der Waals surface area contributed by atoms with Gasteiger partial charge in [0.15, 0.2) is 0 Å². The Balaban J connectivity index is 1.25. The molecule has 0 saturated carbocycles. The number of carbonyl (C=O) groups excluding carboxylic acids is 1. The van der Waals surface area contributed by atoms with Crippen molar-refractivity contribution >= 4 is 27.8 Å². The first-order valence-corrected chi connectivity index (χ1v) is 14.5. The van der Waals surface area contributed by atoms with Crippen LogP contribution in [-0.4, -0.2) is 47.4 Å². The lowest BCUT2D eigenvalue weighted by molar-refractivity contribution is -0.135. The fraction of sp³-hybridized carbons (Fsp3) is 0.562. The van der Waals surface area contributed by atoms with Crippen molar-refractivity contribution in [2.75, 3.05) is 19.6 Å². The molecule has 6 nitrogen and oxygen atoms in total. The quantitative estimate of drug-likeness (QED) is 0.322. The van der Waals surface area contributed by atoms with Gasteiger partial charge in [0.1, 0.15) is 16.9 Å². The van der Waals surface area contributed by atoms with Crippen LogP contribution in [0.25, 0.3) is 21.9 Å². The predicted octanol–water partition coefficient (Wildman–Crippen LogP) is 5.74.